The van der Waals surface area contributed by atoms with Gasteiger partial charge in [-0.2, -0.15) is 13.2 Å². The molecule has 1 N–H and O–H groups in total. The van der Waals surface area contributed by atoms with Crippen molar-refractivity contribution >= 4 is 51.9 Å². The summed E-state index contributed by atoms with van der Waals surface area (Å²) >= 11 is 6.16. The predicted octanol–water partition coefficient (Wildman–Crippen LogP) is 4.58. The van der Waals surface area contributed by atoms with Gasteiger partial charge in [-0.1, -0.05) is 36.1 Å². The number of aliphatic carboxylic acids is 1. The lowest BCUT2D eigenvalue weighted by molar-refractivity contribution is -0.139. The van der Waals surface area contributed by atoms with Gasteiger partial charge in [-0.05, 0) is 42.0 Å². The van der Waals surface area contributed by atoms with Crippen molar-refractivity contribution in [1.29, 1.82) is 0 Å². The maximum atomic E-state index is 13.0. The fraction of sp³-hybridized carbons (Fsp3) is 0.150. The van der Waals surface area contributed by atoms with Gasteiger partial charge in [-0.25, -0.2) is 4.79 Å². The number of nitrogens with zero attached hydrogens (tertiary/aromatic N) is 1. The van der Waals surface area contributed by atoms with E-state index < -0.39 is 30.2 Å². The molecule has 0 aromatic heterocycles. The van der Waals surface area contributed by atoms with Crippen LogP contribution < -0.4 is 14.4 Å². The number of thioether (sulfide) groups is 1. The Bertz CT molecular complexity index is 1080. The number of halogens is 3. The lowest BCUT2D eigenvalue weighted by Crippen LogP contribution is -2.27. The molecule has 1 amide bonds. The van der Waals surface area contributed by atoms with Crippen LogP contribution in [0, 0.1) is 0 Å². The highest BCUT2D eigenvalue weighted by Crippen LogP contribution is 2.39. The third-order valence-corrected chi connectivity index (χ3v) is 5.36. The van der Waals surface area contributed by atoms with E-state index in [1.54, 1.807) is 6.07 Å². The number of rotatable bonds is 6. The Labute approximate surface area is 184 Å². The van der Waals surface area contributed by atoms with Crippen molar-refractivity contribution in [1.82, 2.24) is 0 Å². The van der Waals surface area contributed by atoms with Gasteiger partial charge in [0.1, 0.15) is 0 Å². The molecule has 1 aliphatic rings. The number of alkyl halides is 3. The number of benzene rings is 2. The van der Waals surface area contributed by atoms with Gasteiger partial charge in [0.05, 0.1) is 23.3 Å². The molecule has 1 aliphatic heterocycles. The number of amides is 1. The summed E-state index contributed by atoms with van der Waals surface area (Å²) in [6.07, 6.45) is -3.04. The summed E-state index contributed by atoms with van der Waals surface area (Å²) in [5.74, 6) is -1.24. The van der Waals surface area contributed by atoms with Crippen LogP contribution in [0.1, 0.15) is 11.1 Å². The number of anilines is 1. The molecule has 162 valence electrons. The van der Waals surface area contributed by atoms with Gasteiger partial charge in [0.15, 0.2) is 22.4 Å². The molecular weight excluding hydrogens is 455 g/mol. The zero-order valence-electron chi connectivity index (χ0n) is 15.8. The second-order valence-electron chi connectivity index (χ2n) is 6.16. The van der Waals surface area contributed by atoms with E-state index in [2.05, 4.69) is 0 Å². The van der Waals surface area contributed by atoms with Crippen molar-refractivity contribution in [2.24, 2.45) is 0 Å². The summed E-state index contributed by atoms with van der Waals surface area (Å²) in [7, 11) is 1.37. The summed E-state index contributed by atoms with van der Waals surface area (Å²) < 4.78 is 49.4. The van der Waals surface area contributed by atoms with E-state index in [1.165, 1.54) is 37.5 Å². The number of ether oxygens (including phenoxy) is 2. The van der Waals surface area contributed by atoms with E-state index in [0.717, 1.165) is 28.8 Å². The Kier molecular flexibility index (Phi) is 6.56. The Morgan fingerprint density at radius 3 is 2.61 bits per heavy atom. The third-order valence-electron chi connectivity index (χ3n) is 4.06. The monoisotopic (exact) mass is 469 g/mol. The van der Waals surface area contributed by atoms with Crippen LogP contribution in [0.4, 0.5) is 18.9 Å². The molecule has 0 spiro atoms. The fourth-order valence-corrected chi connectivity index (χ4v) is 3.99. The van der Waals surface area contributed by atoms with Gasteiger partial charge in [0.25, 0.3) is 5.91 Å². The summed E-state index contributed by atoms with van der Waals surface area (Å²) in [6.45, 7) is -0.550. The van der Waals surface area contributed by atoms with Crippen LogP contribution in [-0.4, -0.2) is 35.0 Å². The molecule has 2 aromatic carbocycles. The molecule has 1 heterocycles. The van der Waals surface area contributed by atoms with Crippen molar-refractivity contribution < 1.29 is 37.3 Å². The van der Waals surface area contributed by atoms with Crippen LogP contribution in [0.2, 0.25) is 0 Å². The molecule has 31 heavy (non-hydrogen) atoms. The lowest BCUT2D eigenvalue weighted by Gasteiger charge is -2.16. The van der Waals surface area contributed by atoms with Gasteiger partial charge < -0.3 is 14.6 Å². The number of carbonyl (C=O) groups excluding carboxylic acids is 1. The van der Waals surface area contributed by atoms with Gasteiger partial charge in [0, 0.05) is 0 Å². The van der Waals surface area contributed by atoms with Gasteiger partial charge in [-0.3, -0.25) is 9.69 Å². The normalized spacial score (nSPS) is 15.5. The lowest BCUT2D eigenvalue weighted by atomic mass is 10.1. The largest absolute Gasteiger partial charge is 0.493 e. The van der Waals surface area contributed by atoms with Crippen molar-refractivity contribution in [2.75, 3.05) is 18.6 Å². The van der Waals surface area contributed by atoms with Crippen LogP contribution in [-0.2, 0) is 15.8 Å². The number of methoxy groups -OCH3 is 1. The molecule has 0 bridgehead atoms. The Hall–Kier alpha value is -3.05. The van der Waals surface area contributed by atoms with E-state index in [0.29, 0.717) is 5.56 Å². The van der Waals surface area contributed by atoms with Crippen molar-refractivity contribution in [3.63, 3.8) is 0 Å². The summed E-state index contributed by atoms with van der Waals surface area (Å²) in [5, 5.41) is 8.72. The zero-order chi connectivity index (χ0) is 22.8. The standard InChI is InChI=1S/C20H14F3NO5S2/c1-28-15-7-11(5-6-14(15)29-10-17(25)26)8-16-18(27)24(19(30)31-16)13-4-2-3-12(9-13)20(21,22)23/h2-9H,10H2,1H3,(H,25,26)/b16-8-. The van der Waals surface area contributed by atoms with E-state index in [4.69, 9.17) is 26.8 Å². The predicted molar refractivity (Wildman–Crippen MR) is 113 cm³/mol. The second kappa shape index (κ2) is 8.98. The van der Waals surface area contributed by atoms with E-state index in [9.17, 15) is 22.8 Å². The number of carboxylic acids is 1. The molecule has 1 saturated heterocycles. The molecule has 0 radical (unpaired) electrons. The van der Waals surface area contributed by atoms with Gasteiger partial charge in [-0.15, -0.1) is 0 Å². The highest BCUT2D eigenvalue weighted by molar-refractivity contribution is 8.27. The van der Waals surface area contributed by atoms with Gasteiger partial charge >= 0.3 is 12.1 Å². The quantitative estimate of drug-likeness (QED) is 0.490. The SMILES string of the molecule is COc1cc(/C=C2\SC(=S)N(c3cccc(C(F)(F)F)c3)C2=O)ccc1OCC(=O)O. The Morgan fingerprint density at radius 1 is 1.23 bits per heavy atom. The van der Waals surface area contributed by atoms with E-state index in [-0.39, 0.29) is 26.4 Å². The first-order chi connectivity index (χ1) is 14.6. The average Bonchev–Trinajstić information content (AvgIpc) is 2.99. The number of carboxylic acid groups (broad SMARTS) is 1. The average molecular weight is 469 g/mol. The first-order valence-corrected chi connectivity index (χ1v) is 9.80. The molecule has 6 nitrogen and oxygen atoms in total. The van der Waals surface area contributed by atoms with Crippen molar-refractivity contribution in [2.45, 2.75) is 6.18 Å². The molecule has 1 fully saturated rings. The van der Waals surface area contributed by atoms with Crippen LogP contribution in [0.15, 0.2) is 47.4 Å². The molecule has 0 atom stereocenters. The fourth-order valence-electron chi connectivity index (χ4n) is 2.70. The zero-order valence-corrected chi connectivity index (χ0v) is 17.4. The van der Waals surface area contributed by atoms with Crippen molar-refractivity contribution in [3.05, 3.63) is 58.5 Å². The molecule has 0 aliphatic carbocycles. The number of thiocarbonyl (C=S) groups is 1. The van der Waals surface area contributed by atoms with Crippen LogP contribution >= 0.6 is 24.0 Å². The van der Waals surface area contributed by atoms with E-state index >= 15 is 0 Å². The highest BCUT2D eigenvalue weighted by Gasteiger charge is 2.36. The molecule has 3 rings (SSSR count). The molecular formula is C20H14F3NO5S2. The summed E-state index contributed by atoms with van der Waals surface area (Å²) in [5.41, 5.74) is -0.329. The van der Waals surface area contributed by atoms with Crippen molar-refractivity contribution in [3.8, 4) is 11.5 Å². The smallest absolute Gasteiger partial charge is 0.416 e. The molecule has 0 unspecified atom stereocenters. The molecule has 2 aromatic rings. The van der Waals surface area contributed by atoms with E-state index in [1.807, 2.05) is 0 Å². The minimum absolute atomic E-state index is 0.0238. The number of carbonyl (C=O) groups is 2. The molecule has 0 saturated carbocycles. The highest BCUT2D eigenvalue weighted by atomic mass is 32.2. The summed E-state index contributed by atoms with van der Waals surface area (Å²) in [4.78, 5) is 24.7. The Balaban J connectivity index is 1.88. The Morgan fingerprint density at radius 2 is 1.97 bits per heavy atom. The topological polar surface area (TPSA) is 76.1 Å². The first-order valence-electron chi connectivity index (χ1n) is 8.58. The summed E-state index contributed by atoms with van der Waals surface area (Å²) in [6, 6.07) is 8.97. The first kappa shape index (κ1) is 22.6. The third kappa shape index (κ3) is 5.17. The second-order valence-corrected chi connectivity index (χ2v) is 7.83. The van der Waals surface area contributed by atoms with Crippen LogP contribution in [0.3, 0.4) is 0 Å². The van der Waals surface area contributed by atoms with Gasteiger partial charge in [0.2, 0.25) is 0 Å². The molecule has 11 heteroatoms. The maximum absolute atomic E-state index is 13.0. The maximum Gasteiger partial charge on any atom is 0.416 e. The number of hydrogen-bond donors (Lipinski definition) is 1. The number of hydrogen-bond acceptors (Lipinski definition) is 6. The minimum Gasteiger partial charge on any atom is -0.493 e. The van der Waals surface area contributed by atoms with Crippen LogP contribution in [0.25, 0.3) is 6.08 Å². The van der Waals surface area contributed by atoms with Crippen LogP contribution in [0.5, 0.6) is 11.5 Å². The minimum atomic E-state index is -4.55.